The maximum atomic E-state index is 12.9. The molecule has 2 heterocycles. The number of rotatable bonds is 29. The summed E-state index contributed by atoms with van der Waals surface area (Å²) in [6.07, 6.45) is 16.2. The van der Waals surface area contributed by atoms with Crippen LogP contribution in [0.15, 0.2) is 82.3 Å². The maximum absolute atomic E-state index is 12.9. The van der Waals surface area contributed by atoms with Crippen molar-refractivity contribution in [2.24, 2.45) is 44.7 Å². The van der Waals surface area contributed by atoms with Gasteiger partial charge in [-0.25, -0.2) is 4.79 Å². The van der Waals surface area contributed by atoms with Crippen molar-refractivity contribution < 1.29 is 52.5 Å². The zero-order valence-electron chi connectivity index (χ0n) is 55.8. The Kier molecular flexibility index (Phi) is 33.7. The summed E-state index contributed by atoms with van der Waals surface area (Å²) in [5.74, 6) is -1.33. The summed E-state index contributed by atoms with van der Waals surface area (Å²) in [5.41, 5.74) is 16.8. The fraction of sp³-hybridized carbons (Fsp3) is 0.627. The number of aldehydes is 1. The molecule has 2 radical (unpaired) electrons. The summed E-state index contributed by atoms with van der Waals surface area (Å²) in [6, 6.07) is 17.1. The van der Waals surface area contributed by atoms with Gasteiger partial charge in [0.2, 0.25) is 23.6 Å². The molecule has 2 fully saturated rings. The standard InChI is InChI=1S/C43H66B2N8O10.C22H32N2O.C2H6/c1-29(2)35(17-21-54)41(59)53(6)20-16-37(56)48-33(26-61-22-18-38(57)49-44-46-28-55)27-62-23-19-39(58)50-45-51-42(60)63-34-8-7-9-36-32(14-15-34)25-47-52-40(36)31-12-10-30(11-13-31)24-43(3,4)5;1-22(2,3)14-16-8-10-17(11-9-16)21-20-7-5-6-19(25-4)13-12-18(20)15-23-24-21;1-2/h10-13,21,25,28-29,33-36,47H,7-9,14-20,22-24,26-27H2,1-6H3,(H,46,55)(H,48,56)(H,49,57)(H,50,58)(H,51,60);8-11,15,19-20,23H,5-7,12-14H2,1-4H3;1-2H3. The van der Waals surface area contributed by atoms with E-state index in [0.29, 0.717) is 43.0 Å². The van der Waals surface area contributed by atoms with Crippen molar-refractivity contribution in [1.29, 1.82) is 0 Å². The molecule has 494 valence electrons. The van der Waals surface area contributed by atoms with Gasteiger partial charge in [-0.1, -0.05) is 118 Å². The molecule has 7 N–H and O–H groups in total. The first-order valence-corrected chi connectivity index (χ1v) is 32.3. The number of hydrazone groups is 2. The fourth-order valence-corrected chi connectivity index (χ4v) is 11.3. The van der Waals surface area contributed by atoms with E-state index >= 15 is 0 Å². The first kappa shape index (κ1) is 75.6. The zero-order valence-corrected chi connectivity index (χ0v) is 55.8. The third-order valence-corrected chi connectivity index (χ3v) is 15.8. The van der Waals surface area contributed by atoms with Crippen LogP contribution in [0.4, 0.5) is 4.79 Å². The van der Waals surface area contributed by atoms with Crippen LogP contribution in [0.3, 0.4) is 0 Å². The van der Waals surface area contributed by atoms with E-state index in [1.165, 1.54) is 44.9 Å². The SMILES string of the molecule is CC.CC(C)C(CC=O)C(=O)N(C)CCC(=O)NC(COCCC(=O)N[B]NC=O)COCCC(=O)N[B]NC(=O)OC1CCCC2C(=CNN=C2c2ccc(CC(C)(C)C)cc2)CC1.COC1CCCC2C(=CNN=C2c2ccc(CC(C)(C)C)cc2)CC1. The normalized spacial score (nSPS) is 18.7. The summed E-state index contributed by atoms with van der Waals surface area (Å²) in [6.45, 7) is 21.3. The molecule has 6 rings (SSSR count). The molecule has 23 heteroatoms. The number of hydrogen-bond acceptors (Lipinski definition) is 15. The number of amides is 6. The minimum absolute atomic E-state index is 0.00589. The van der Waals surface area contributed by atoms with Crippen LogP contribution < -0.4 is 37.1 Å². The molecule has 2 saturated carbocycles. The number of carbonyl (C=O) groups is 7. The van der Waals surface area contributed by atoms with Gasteiger partial charge < -0.3 is 54.9 Å². The van der Waals surface area contributed by atoms with Crippen molar-refractivity contribution in [2.45, 2.75) is 190 Å². The molecule has 21 nitrogen and oxygen atoms in total. The Labute approximate surface area is 537 Å². The number of allylic oxidation sites excluding steroid dienone is 2. The fourth-order valence-electron chi connectivity index (χ4n) is 11.3. The summed E-state index contributed by atoms with van der Waals surface area (Å²) in [4.78, 5) is 85.6. The van der Waals surface area contributed by atoms with Gasteiger partial charge in [0, 0.05) is 76.5 Å². The molecule has 6 atom stereocenters. The average molecular weight is 1250 g/mol. The van der Waals surface area contributed by atoms with Gasteiger partial charge in [-0.15, -0.1) is 0 Å². The van der Waals surface area contributed by atoms with Crippen molar-refractivity contribution in [3.63, 3.8) is 0 Å². The van der Waals surface area contributed by atoms with Gasteiger partial charge >= 0.3 is 21.2 Å². The smallest absolute Gasteiger partial charge is 0.396 e. The van der Waals surface area contributed by atoms with Gasteiger partial charge in [-0.05, 0) is 127 Å². The predicted molar refractivity (Wildman–Crippen MR) is 354 cm³/mol. The summed E-state index contributed by atoms with van der Waals surface area (Å²) >= 11 is 0. The molecule has 6 amide bonds. The molecular weight excluding hydrogens is 1140 g/mol. The molecule has 0 spiro atoms. The van der Waals surface area contributed by atoms with E-state index in [9.17, 15) is 33.6 Å². The highest BCUT2D eigenvalue weighted by atomic mass is 16.6. The molecule has 0 bridgehead atoms. The molecule has 90 heavy (non-hydrogen) atoms. The van der Waals surface area contributed by atoms with Crippen LogP contribution in [-0.4, -0.2) is 139 Å². The van der Waals surface area contributed by atoms with E-state index in [0.717, 1.165) is 84.2 Å². The highest BCUT2D eigenvalue weighted by molar-refractivity contribution is 6.38. The Bertz CT molecular complexity index is 2690. The van der Waals surface area contributed by atoms with Gasteiger partial charge in [0.1, 0.15) is 12.4 Å². The molecule has 0 saturated heterocycles. The molecule has 2 aromatic carbocycles. The first-order chi connectivity index (χ1) is 43.1. The number of nitrogens with one attached hydrogen (secondary N) is 7. The lowest BCUT2D eigenvalue weighted by molar-refractivity contribution is -0.137. The third kappa shape index (κ3) is 28.1. The van der Waals surface area contributed by atoms with Gasteiger partial charge in [0.25, 0.3) is 0 Å². The largest absolute Gasteiger partial charge is 0.447 e. The van der Waals surface area contributed by atoms with Crippen LogP contribution in [0.2, 0.25) is 0 Å². The highest BCUT2D eigenvalue weighted by Crippen LogP contribution is 2.35. The number of ether oxygens (including phenoxy) is 4. The quantitative estimate of drug-likeness (QED) is 0.0230. The lowest BCUT2D eigenvalue weighted by atomic mass is 9.80. The molecule has 2 aromatic rings. The monoisotopic (exact) mass is 1250 g/mol. The Morgan fingerprint density at radius 2 is 1.16 bits per heavy atom. The van der Waals surface area contributed by atoms with Gasteiger partial charge in [0.15, 0.2) is 6.41 Å². The van der Waals surface area contributed by atoms with E-state index in [-0.39, 0.29) is 93.8 Å². The number of nitrogens with zero attached hydrogens (tertiary/aromatic N) is 3. The van der Waals surface area contributed by atoms with Crippen LogP contribution >= 0.6 is 0 Å². The topological polar surface area (TPSA) is 269 Å². The third-order valence-electron chi connectivity index (χ3n) is 15.8. The second-order valence-electron chi connectivity index (χ2n) is 26.0. The first-order valence-electron chi connectivity index (χ1n) is 32.3. The van der Waals surface area contributed by atoms with Crippen LogP contribution in [-0.2, 0) is 60.6 Å². The van der Waals surface area contributed by atoms with Crippen molar-refractivity contribution in [2.75, 3.05) is 47.1 Å². The lowest BCUT2D eigenvalue weighted by Gasteiger charge is -2.30. The second kappa shape index (κ2) is 40.1. The van der Waals surface area contributed by atoms with Crippen LogP contribution in [0.25, 0.3) is 0 Å². The average Bonchev–Trinajstić information content (AvgIpc) is 1.76. The van der Waals surface area contributed by atoms with E-state index in [1.54, 1.807) is 7.05 Å². The molecule has 2 aliphatic carbocycles. The maximum Gasteiger partial charge on any atom is 0.396 e. The number of benzene rings is 2. The molecule has 6 unspecified atom stereocenters. The number of fused-ring (bicyclic) bond motifs is 2. The van der Waals surface area contributed by atoms with E-state index in [4.69, 9.17) is 18.9 Å². The molecular formula is C67H104B2N10O11. The molecule has 0 aromatic heterocycles. The number of methoxy groups -OCH3 is 1. The van der Waals surface area contributed by atoms with Crippen molar-refractivity contribution in [3.05, 3.63) is 94.3 Å². The Morgan fingerprint density at radius 1 is 0.667 bits per heavy atom. The van der Waals surface area contributed by atoms with Crippen LogP contribution in [0.1, 0.15) is 181 Å². The minimum Gasteiger partial charge on any atom is -0.447 e. The van der Waals surface area contributed by atoms with Crippen LogP contribution in [0.5, 0.6) is 0 Å². The zero-order chi connectivity index (χ0) is 66.1. The Hall–Kier alpha value is -6.84. The van der Waals surface area contributed by atoms with E-state index in [1.807, 2.05) is 41.0 Å². The molecule has 2 aliphatic heterocycles. The summed E-state index contributed by atoms with van der Waals surface area (Å²) in [5, 5.41) is 21.7. The van der Waals surface area contributed by atoms with Gasteiger partial charge in [-0.2, -0.15) is 10.2 Å². The highest BCUT2D eigenvalue weighted by Gasteiger charge is 2.31. The van der Waals surface area contributed by atoms with E-state index in [2.05, 4.69) is 144 Å². The van der Waals surface area contributed by atoms with Crippen LogP contribution in [0, 0.1) is 34.5 Å². The summed E-state index contributed by atoms with van der Waals surface area (Å²) in [7, 11) is 5.62. The van der Waals surface area contributed by atoms with Crippen molar-refractivity contribution in [1.82, 2.24) is 42.0 Å². The van der Waals surface area contributed by atoms with Gasteiger partial charge in [0.05, 0.1) is 50.0 Å². The summed E-state index contributed by atoms with van der Waals surface area (Å²) < 4.78 is 22.6. The van der Waals surface area contributed by atoms with Gasteiger partial charge in [-0.3, -0.25) is 34.8 Å². The number of hydrogen-bond donors (Lipinski definition) is 7. The minimum atomic E-state index is -0.676. The number of carbonyl (C=O) groups excluding carboxylic acids is 7. The Morgan fingerprint density at radius 3 is 1.62 bits per heavy atom. The second-order valence-corrected chi connectivity index (χ2v) is 26.0. The Balaban J connectivity index is 0.000000527. The predicted octanol–water partition coefficient (Wildman–Crippen LogP) is 8.28. The van der Waals surface area contributed by atoms with E-state index < -0.39 is 29.9 Å². The van der Waals surface area contributed by atoms with Crippen molar-refractivity contribution >= 4 is 68.9 Å². The molecule has 4 aliphatic rings. The van der Waals surface area contributed by atoms with Crippen molar-refractivity contribution in [3.8, 4) is 0 Å². The lowest BCUT2D eigenvalue weighted by Crippen LogP contribution is -2.44.